The van der Waals surface area contributed by atoms with Crippen molar-refractivity contribution in [3.05, 3.63) is 69.9 Å². The highest BCUT2D eigenvalue weighted by atomic mass is 32.2. The van der Waals surface area contributed by atoms with Crippen molar-refractivity contribution >= 4 is 21.6 Å². The first-order valence-corrected chi connectivity index (χ1v) is 18.9. The van der Waals surface area contributed by atoms with Crippen molar-refractivity contribution in [2.24, 2.45) is 5.41 Å². The third kappa shape index (κ3) is 6.49. The molecule has 1 saturated heterocycles. The topological polar surface area (TPSA) is 152 Å². The summed E-state index contributed by atoms with van der Waals surface area (Å²) in [5.41, 5.74) is 1.13. The quantitative estimate of drug-likeness (QED) is 0.216. The monoisotopic (exact) mass is 739 g/mol. The fraction of sp³-hybridized carbons (Fsp3) is 0.528. The number of aliphatic carboxylic acids is 1. The lowest BCUT2D eigenvalue weighted by Gasteiger charge is -2.32. The number of nitrogens with zero attached hydrogens (tertiary/aromatic N) is 7. The summed E-state index contributed by atoms with van der Waals surface area (Å²) >= 11 is 0. The van der Waals surface area contributed by atoms with Gasteiger partial charge in [-0.05, 0) is 108 Å². The number of fused-ring (bicyclic) bond motifs is 2. The number of ether oxygens (including phenoxy) is 2. The zero-order chi connectivity index (χ0) is 37.2. The Labute approximate surface area is 301 Å². The molecule has 1 spiro atoms. The van der Waals surface area contributed by atoms with E-state index < -0.39 is 45.2 Å². The summed E-state index contributed by atoms with van der Waals surface area (Å²) in [5, 5.41) is 18.1. The van der Waals surface area contributed by atoms with E-state index in [-0.39, 0.29) is 29.5 Å². The Morgan fingerprint density at radius 3 is 2.48 bits per heavy atom. The molecule has 13 nitrogen and oxygen atoms in total. The summed E-state index contributed by atoms with van der Waals surface area (Å²) in [6.07, 6.45) is 2.21. The van der Waals surface area contributed by atoms with E-state index >= 15 is 0 Å². The number of hydrogen-bond donors (Lipinski definition) is 1. The number of halogens is 2. The Kier molecular flexibility index (Phi) is 9.23. The number of aromatic nitrogens is 5. The summed E-state index contributed by atoms with van der Waals surface area (Å²) in [6.45, 7) is 11.7. The average Bonchev–Trinajstić information content (AvgIpc) is 3.44. The van der Waals surface area contributed by atoms with E-state index in [2.05, 4.69) is 20.1 Å². The van der Waals surface area contributed by atoms with Crippen molar-refractivity contribution in [3.8, 4) is 11.8 Å². The second-order valence-electron chi connectivity index (χ2n) is 14.8. The van der Waals surface area contributed by atoms with Crippen molar-refractivity contribution in [1.82, 2.24) is 33.8 Å². The molecule has 1 saturated carbocycles. The maximum Gasteiger partial charge on any atom is 0.310 e. The van der Waals surface area contributed by atoms with Gasteiger partial charge in [-0.1, -0.05) is 6.07 Å². The van der Waals surface area contributed by atoms with Crippen molar-refractivity contribution < 1.29 is 36.6 Å². The highest BCUT2D eigenvalue weighted by molar-refractivity contribution is 7.89. The Bertz CT molecular complexity index is 2150. The van der Waals surface area contributed by atoms with Gasteiger partial charge in [-0.25, -0.2) is 17.2 Å². The van der Waals surface area contributed by atoms with Gasteiger partial charge in [0, 0.05) is 29.9 Å². The van der Waals surface area contributed by atoms with Crippen LogP contribution in [0.1, 0.15) is 91.3 Å². The number of aryl methyl sites for hydroxylation is 3. The molecule has 1 atom stereocenters. The second-order valence-corrected chi connectivity index (χ2v) is 16.7. The molecule has 278 valence electrons. The van der Waals surface area contributed by atoms with Gasteiger partial charge in [-0.15, -0.1) is 10.2 Å². The van der Waals surface area contributed by atoms with E-state index in [1.807, 2.05) is 6.92 Å². The number of rotatable bonds is 11. The Morgan fingerprint density at radius 1 is 1.08 bits per heavy atom. The molecule has 16 heteroatoms. The number of carboxylic acids is 1. The van der Waals surface area contributed by atoms with Crippen molar-refractivity contribution in [3.63, 3.8) is 0 Å². The number of carbonyl (C=O) groups is 1. The molecule has 0 unspecified atom stereocenters. The van der Waals surface area contributed by atoms with Gasteiger partial charge in [0.05, 0.1) is 24.2 Å². The molecule has 0 radical (unpaired) electrons. The van der Waals surface area contributed by atoms with Gasteiger partial charge in [-0.2, -0.15) is 9.29 Å². The first-order valence-electron chi connectivity index (χ1n) is 17.5. The molecule has 7 rings (SSSR count). The number of likely N-dealkylation sites (tertiary alicyclic amines) is 1. The van der Waals surface area contributed by atoms with Crippen LogP contribution in [0.15, 0.2) is 35.4 Å². The smallest absolute Gasteiger partial charge is 0.310 e. The molecule has 1 N–H and O–H groups in total. The normalized spacial score (nSPS) is 19.1. The molecule has 2 fully saturated rings. The lowest BCUT2D eigenvalue weighted by molar-refractivity contribution is -0.147. The lowest BCUT2D eigenvalue weighted by Crippen LogP contribution is -2.38. The van der Waals surface area contributed by atoms with E-state index in [1.165, 1.54) is 27.7 Å². The van der Waals surface area contributed by atoms with E-state index in [4.69, 9.17) is 14.5 Å². The fourth-order valence-corrected chi connectivity index (χ4v) is 8.86. The van der Waals surface area contributed by atoms with E-state index in [0.29, 0.717) is 59.0 Å². The minimum atomic E-state index is -4.13. The van der Waals surface area contributed by atoms with Crippen LogP contribution in [0.2, 0.25) is 0 Å². The third-order valence-electron chi connectivity index (χ3n) is 10.7. The van der Waals surface area contributed by atoms with Crippen LogP contribution in [0.5, 0.6) is 11.8 Å². The van der Waals surface area contributed by atoms with Crippen molar-refractivity contribution in [1.29, 1.82) is 0 Å². The summed E-state index contributed by atoms with van der Waals surface area (Å²) in [5.74, 6) is -2.11. The lowest BCUT2D eigenvalue weighted by atomic mass is 9.72. The Morgan fingerprint density at radius 2 is 1.81 bits per heavy atom. The third-order valence-corrected chi connectivity index (χ3v) is 12.5. The maximum atomic E-state index is 14.4. The zero-order valence-corrected chi connectivity index (χ0v) is 30.7. The average molecular weight is 740 g/mol. The SMILES string of the molecule is Cc1ccc([C@H](c2ccn3c(C(F)F)nnc3c2C)C(C)(C)C(=O)O)nc1CN1CC2(CC2)Oc2nc(OCCN3CCCC3)c(C)cc2S1(=O)=O. The maximum absolute atomic E-state index is 14.4. The Hall–Kier alpha value is -4.28. The molecule has 0 aromatic carbocycles. The number of hydrogen-bond acceptors (Lipinski definition) is 10. The first-order chi connectivity index (χ1) is 24.6. The van der Waals surface area contributed by atoms with Crippen molar-refractivity contribution in [2.75, 3.05) is 32.8 Å². The molecule has 4 aromatic heterocycles. The van der Waals surface area contributed by atoms with E-state index in [0.717, 1.165) is 19.6 Å². The molecular weight excluding hydrogens is 697 g/mol. The molecule has 2 aliphatic heterocycles. The predicted octanol–water partition coefficient (Wildman–Crippen LogP) is 5.22. The van der Waals surface area contributed by atoms with Gasteiger partial charge in [0.2, 0.25) is 27.6 Å². The summed E-state index contributed by atoms with van der Waals surface area (Å²) < 4.78 is 71.0. The minimum absolute atomic E-state index is 0.0258. The van der Waals surface area contributed by atoms with Crippen LogP contribution in [0.4, 0.5) is 8.78 Å². The molecule has 6 heterocycles. The van der Waals surface area contributed by atoms with Gasteiger partial charge in [0.1, 0.15) is 17.1 Å². The molecule has 52 heavy (non-hydrogen) atoms. The first kappa shape index (κ1) is 36.1. The van der Waals surface area contributed by atoms with Crippen LogP contribution < -0.4 is 9.47 Å². The van der Waals surface area contributed by atoms with Crippen LogP contribution in [0, 0.1) is 26.2 Å². The van der Waals surface area contributed by atoms with Crippen LogP contribution in [0.3, 0.4) is 0 Å². The minimum Gasteiger partial charge on any atom is -0.481 e. The summed E-state index contributed by atoms with van der Waals surface area (Å²) in [7, 11) is -4.13. The summed E-state index contributed by atoms with van der Waals surface area (Å²) in [4.78, 5) is 24.6. The number of pyridine rings is 3. The van der Waals surface area contributed by atoms with Gasteiger partial charge < -0.3 is 14.6 Å². The molecule has 0 bridgehead atoms. The number of sulfonamides is 1. The largest absolute Gasteiger partial charge is 0.481 e. The van der Waals surface area contributed by atoms with Gasteiger partial charge in [0.15, 0.2) is 5.65 Å². The van der Waals surface area contributed by atoms with Crippen LogP contribution in [-0.4, -0.2) is 91.7 Å². The molecule has 0 amide bonds. The number of alkyl halides is 2. The van der Waals surface area contributed by atoms with Gasteiger partial charge in [0.25, 0.3) is 6.43 Å². The highest BCUT2D eigenvalue weighted by Crippen LogP contribution is 2.47. The van der Waals surface area contributed by atoms with Crippen molar-refractivity contribution in [2.45, 2.75) is 89.7 Å². The predicted molar refractivity (Wildman–Crippen MR) is 185 cm³/mol. The Balaban J connectivity index is 1.23. The van der Waals surface area contributed by atoms with Gasteiger partial charge in [-0.3, -0.25) is 19.1 Å². The number of carboxylic acid groups (broad SMARTS) is 1. The fourth-order valence-electron chi connectivity index (χ4n) is 7.25. The molecular formula is C36H43F2N7O6S. The zero-order valence-electron chi connectivity index (χ0n) is 29.9. The van der Waals surface area contributed by atoms with Crippen LogP contribution in [0.25, 0.3) is 5.65 Å². The summed E-state index contributed by atoms with van der Waals surface area (Å²) in [6, 6.07) is 6.67. The molecule has 4 aromatic rings. The molecule has 3 aliphatic rings. The molecule has 1 aliphatic carbocycles. The van der Waals surface area contributed by atoms with Gasteiger partial charge >= 0.3 is 5.97 Å². The van der Waals surface area contributed by atoms with E-state index in [9.17, 15) is 27.1 Å². The van der Waals surface area contributed by atoms with E-state index in [1.54, 1.807) is 52.0 Å². The van der Waals surface area contributed by atoms with Crippen LogP contribution >= 0.6 is 0 Å². The van der Waals surface area contributed by atoms with Crippen LogP contribution in [-0.2, 0) is 21.4 Å². The second kappa shape index (κ2) is 13.3. The highest BCUT2D eigenvalue weighted by Gasteiger charge is 2.53. The standard InChI is InChI=1S/C36H43F2N7O6S/c1-21-8-9-25(28(35(4,5)34(46)47)24-10-15-45-30(23(24)3)41-42-31(45)29(37)38)39-26(21)19-44-20-36(11-12-36)51-33-27(52(44,48)49)18-22(2)32(40-33)50-17-16-43-13-6-7-14-43/h8-10,15,18,28-29H,6-7,11-14,16-17,19-20H2,1-5H3,(H,46,47)/t28-/m0/s1.